The molecule has 0 aliphatic carbocycles. The Hall–Kier alpha value is 1.29. The van der Waals surface area contributed by atoms with Gasteiger partial charge in [0.2, 0.25) is 0 Å². The fraction of sp³-hybridized carbons (Fsp3) is 0. The number of hydrogen-bond donors (Lipinski definition) is 2. The van der Waals surface area contributed by atoms with E-state index in [0.717, 1.165) is 0 Å². The van der Waals surface area contributed by atoms with Crippen molar-refractivity contribution in [3.05, 3.63) is 0 Å². The predicted molar refractivity (Wildman–Crippen MR) is 44.3 cm³/mol. The molecule has 0 aliphatic heterocycles. The van der Waals surface area contributed by atoms with Gasteiger partial charge in [-0.1, -0.05) is 0 Å². The van der Waals surface area contributed by atoms with Crippen LogP contribution in [0.1, 0.15) is 0 Å². The van der Waals surface area contributed by atoms with Crippen LogP contribution in [-0.2, 0) is 13.6 Å². The first kappa shape index (κ1) is 19.0. The summed E-state index contributed by atoms with van der Waals surface area (Å²) in [4.78, 5) is 19.0. The monoisotopic (exact) mass is 254 g/mol. The Kier molecular flexibility index (Phi) is 16.4. The van der Waals surface area contributed by atoms with Crippen molar-refractivity contribution in [3.8, 4) is 0 Å². The minimum absolute atomic E-state index is 0. The van der Waals surface area contributed by atoms with Gasteiger partial charge in [-0.15, -0.1) is 0 Å². The third-order valence-electron chi connectivity index (χ3n) is 0.341. The zero-order valence-corrected chi connectivity index (χ0v) is 5.44. The summed E-state index contributed by atoms with van der Waals surface area (Å²) in [6, 6.07) is 0. The standard InChI is InChI=1S/C2H3O7P.2Ca.4H/c3-1(4)8-10(7)9-2(5)6;;;;;;/h10H,(H,3,4)(H,5,6);;;;;;. The molecular weight excluding hydrogens is 247 g/mol. The van der Waals surface area contributed by atoms with Crippen LogP contribution in [0.3, 0.4) is 0 Å². The van der Waals surface area contributed by atoms with E-state index in [2.05, 4.69) is 9.05 Å². The van der Waals surface area contributed by atoms with Gasteiger partial charge in [0.25, 0.3) is 0 Å². The first-order chi connectivity index (χ1) is 4.52. The van der Waals surface area contributed by atoms with Gasteiger partial charge in [-0.05, 0) is 0 Å². The minimum atomic E-state index is -3.44. The molecule has 7 nitrogen and oxygen atoms in total. The predicted octanol–water partition coefficient (Wildman–Crippen LogP) is -1.07. The molecule has 0 aromatic heterocycles. The van der Waals surface area contributed by atoms with Crippen LogP contribution in [0.25, 0.3) is 0 Å². The van der Waals surface area contributed by atoms with Crippen LogP contribution in [0.2, 0.25) is 0 Å². The van der Waals surface area contributed by atoms with Gasteiger partial charge in [0.1, 0.15) is 0 Å². The average Bonchev–Trinajstić information content (AvgIpc) is 1.58. The molecule has 0 spiro atoms. The molecule has 12 heavy (non-hydrogen) atoms. The van der Waals surface area contributed by atoms with Crippen LogP contribution >= 0.6 is 8.25 Å². The van der Waals surface area contributed by atoms with Crippen molar-refractivity contribution in [2.75, 3.05) is 0 Å². The maximum atomic E-state index is 10.0. The molecule has 66 valence electrons. The van der Waals surface area contributed by atoms with E-state index in [-0.39, 0.29) is 75.5 Å². The Balaban J connectivity index is -0.000000405. The zero-order chi connectivity index (χ0) is 8.15. The van der Waals surface area contributed by atoms with Crippen molar-refractivity contribution < 1.29 is 33.4 Å². The summed E-state index contributed by atoms with van der Waals surface area (Å²) in [7, 11) is -3.44. The van der Waals surface area contributed by atoms with E-state index < -0.39 is 20.6 Å². The second-order valence-corrected chi connectivity index (χ2v) is 1.89. The second kappa shape index (κ2) is 10.4. The number of rotatable bonds is 2. The van der Waals surface area contributed by atoms with E-state index in [4.69, 9.17) is 10.2 Å². The molecular formula is C2H7Ca2O7P. The van der Waals surface area contributed by atoms with Gasteiger partial charge in [0, 0.05) is 0 Å². The van der Waals surface area contributed by atoms with Crippen LogP contribution in [0.15, 0.2) is 0 Å². The van der Waals surface area contributed by atoms with Crippen LogP contribution in [0, 0.1) is 0 Å². The Bertz CT molecular complexity index is 162. The third-order valence-corrected chi connectivity index (χ3v) is 1.02. The Labute approximate surface area is 127 Å². The first-order valence-electron chi connectivity index (χ1n) is 1.88. The summed E-state index contributed by atoms with van der Waals surface area (Å²) in [5.41, 5.74) is 0. The molecule has 10 heteroatoms. The van der Waals surface area contributed by atoms with Crippen molar-refractivity contribution in [1.82, 2.24) is 0 Å². The van der Waals surface area contributed by atoms with E-state index in [9.17, 15) is 14.2 Å². The van der Waals surface area contributed by atoms with Gasteiger partial charge >= 0.3 is 96.0 Å². The van der Waals surface area contributed by atoms with Gasteiger partial charge < -0.3 is 19.3 Å². The normalized spacial score (nSPS) is 7.42. The Morgan fingerprint density at radius 1 is 1.00 bits per heavy atom. The van der Waals surface area contributed by atoms with Gasteiger partial charge in [-0.3, -0.25) is 0 Å². The summed E-state index contributed by atoms with van der Waals surface area (Å²) in [5, 5.41) is 15.5. The number of carboxylic acid groups (broad SMARTS) is 2. The molecule has 0 heterocycles. The van der Waals surface area contributed by atoms with E-state index in [1.807, 2.05) is 0 Å². The Morgan fingerprint density at radius 2 is 1.25 bits per heavy atom. The molecule has 0 fully saturated rings. The van der Waals surface area contributed by atoms with E-state index in [1.165, 1.54) is 0 Å². The third kappa shape index (κ3) is 13.9. The zero-order valence-electron chi connectivity index (χ0n) is 4.44. The molecule has 0 atom stereocenters. The van der Waals surface area contributed by atoms with Gasteiger partial charge in [-0.25, -0.2) is 14.2 Å². The molecule has 2 N–H and O–H groups in total. The van der Waals surface area contributed by atoms with Crippen molar-refractivity contribution in [1.29, 1.82) is 0 Å². The van der Waals surface area contributed by atoms with Gasteiger partial charge in [0.05, 0.1) is 0 Å². The second-order valence-electron chi connectivity index (χ2n) is 0.986. The quantitative estimate of drug-likeness (QED) is 0.477. The summed E-state index contributed by atoms with van der Waals surface area (Å²) in [6.45, 7) is 0. The molecule has 0 saturated heterocycles. The molecule has 0 unspecified atom stereocenters. The summed E-state index contributed by atoms with van der Waals surface area (Å²) < 4.78 is 16.9. The molecule has 0 radical (unpaired) electrons. The molecule has 0 aliphatic rings. The summed E-state index contributed by atoms with van der Waals surface area (Å²) >= 11 is 0. The fourth-order valence-electron chi connectivity index (χ4n) is 0.163. The SMILES string of the molecule is O=C(O)O[PH](=O)OC(=O)O.[CaH2].[CaH2]. The fourth-order valence-corrected chi connectivity index (χ4v) is 0.490. The van der Waals surface area contributed by atoms with Crippen molar-refractivity contribution in [2.45, 2.75) is 0 Å². The topological polar surface area (TPSA) is 110 Å². The van der Waals surface area contributed by atoms with Crippen molar-refractivity contribution >= 4 is 96.0 Å². The molecule has 0 aromatic rings. The van der Waals surface area contributed by atoms with Crippen LogP contribution in [-0.4, -0.2) is 98.0 Å². The molecule has 0 amide bonds. The Morgan fingerprint density at radius 3 is 1.42 bits per heavy atom. The maximum absolute atomic E-state index is 10.0. The molecule has 0 saturated carbocycles. The van der Waals surface area contributed by atoms with Crippen molar-refractivity contribution in [2.24, 2.45) is 0 Å². The number of hydrogen-bond acceptors (Lipinski definition) is 5. The van der Waals surface area contributed by atoms with E-state index in [0.29, 0.717) is 0 Å². The summed E-state index contributed by atoms with van der Waals surface area (Å²) in [6.07, 6.45) is -3.68. The van der Waals surface area contributed by atoms with E-state index >= 15 is 0 Å². The van der Waals surface area contributed by atoms with Crippen LogP contribution in [0.4, 0.5) is 9.59 Å². The molecule has 0 bridgehead atoms. The average molecular weight is 254 g/mol. The summed E-state index contributed by atoms with van der Waals surface area (Å²) in [5.74, 6) is 0. The molecule has 0 rings (SSSR count). The molecule has 0 aromatic carbocycles. The number of carbonyl (C=O) groups is 2. The van der Waals surface area contributed by atoms with E-state index in [1.54, 1.807) is 0 Å². The van der Waals surface area contributed by atoms with Crippen LogP contribution < -0.4 is 0 Å². The van der Waals surface area contributed by atoms with Gasteiger partial charge in [-0.2, -0.15) is 0 Å². The first-order valence-corrected chi connectivity index (χ1v) is 3.10. The van der Waals surface area contributed by atoms with Gasteiger partial charge in [0.15, 0.2) is 0 Å². The van der Waals surface area contributed by atoms with Crippen LogP contribution in [0.5, 0.6) is 0 Å². The van der Waals surface area contributed by atoms with Crippen molar-refractivity contribution in [3.63, 3.8) is 0 Å².